The van der Waals surface area contributed by atoms with Gasteiger partial charge in [0.1, 0.15) is 5.82 Å². The Hall–Kier alpha value is -1.04. The van der Waals surface area contributed by atoms with Gasteiger partial charge in [-0.15, -0.1) is 0 Å². The van der Waals surface area contributed by atoms with E-state index < -0.39 is 17.5 Å². The van der Waals surface area contributed by atoms with Crippen molar-refractivity contribution in [2.45, 2.75) is 12.5 Å². The topological polar surface area (TPSA) is 12.0 Å². The molecule has 0 radical (unpaired) electrons. The first-order valence-corrected chi connectivity index (χ1v) is 7.35. The zero-order chi connectivity index (χ0) is 15.6. The van der Waals surface area contributed by atoms with Gasteiger partial charge in [0.05, 0.1) is 4.47 Å². The number of benzene rings is 2. The van der Waals surface area contributed by atoms with E-state index in [0.717, 1.165) is 6.07 Å². The van der Waals surface area contributed by atoms with Crippen molar-refractivity contribution < 1.29 is 13.2 Å². The summed E-state index contributed by atoms with van der Waals surface area (Å²) in [5, 5.41) is 3.43. The first-order chi connectivity index (χ1) is 9.93. The van der Waals surface area contributed by atoms with Crippen LogP contribution in [0.3, 0.4) is 0 Å². The van der Waals surface area contributed by atoms with Gasteiger partial charge in [0.25, 0.3) is 0 Å². The van der Waals surface area contributed by atoms with E-state index in [9.17, 15) is 13.2 Å². The second-order valence-corrected chi connectivity index (χ2v) is 5.75. The van der Waals surface area contributed by atoms with Crippen LogP contribution in [0.15, 0.2) is 34.8 Å². The molecule has 0 aliphatic carbocycles. The van der Waals surface area contributed by atoms with Crippen molar-refractivity contribution in [2.24, 2.45) is 0 Å². The molecule has 6 heteroatoms. The Morgan fingerprint density at radius 3 is 2.57 bits per heavy atom. The van der Waals surface area contributed by atoms with Crippen molar-refractivity contribution in [3.05, 3.63) is 68.4 Å². The lowest BCUT2D eigenvalue weighted by atomic mass is 9.98. The number of nitrogens with one attached hydrogen (secondary N) is 1. The van der Waals surface area contributed by atoms with E-state index in [1.807, 2.05) is 0 Å². The number of halogens is 5. The molecule has 2 aromatic rings. The lowest BCUT2D eigenvalue weighted by molar-refractivity contribution is 0.495. The van der Waals surface area contributed by atoms with Crippen LogP contribution in [0.2, 0.25) is 5.02 Å². The Kier molecular flexibility index (Phi) is 5.30. The maximum atomic E-state index is 13.6. The maximum absolute atomic E-state index is 13.6. The van der Waals surface area contributed by atoms with Gasteiger partial charge in [-0.05, 0) is 64.8 Å². The van der Waals surface area contributed by atoms with Crippen LogP contribution in [0, 0.1) is 17.5 Å². The molecular formula is C15H12BrClF3N. The SMILES string of the molecule is CNC(Cc1cc(F)ccc1Cl)c1ccc(F)c(F)c1Br. The Labute approximate surface area is 134 Å². The van der Waals surface area contributed by atoms with Crippen LogP contribution in [0.25, 0.3) is 0 Å². The fourth-order valence-corrected chi connectivity index (χ4v) is 2.89. The predicted molar refractivity (Wildman–Crippen MR) is 81.0 cm³/mol. The summed E-state index contributed by atoms with van der Waals surface area (Å²) in [7, 11) is 1.69. The summed E-state index contributed by atoms with van der Waals surface area (Å²) < 4.78 is 40.2. The molecule has 1 nitrogen and oxygen atoms in total. The van der Waals surface area contributed by atoms with Crippen LogP contribution in [-0.2, 0) is 6.42 Å². The molecule has 1 atom stereocenters. The van der Waals surface area contributed by atoms with Gasteiger partial charge in [-0.1, -0.05) is 17.7 Å². The number of hydrogen-bond acceptors (Lipinski definition) is 1. The molecule has 1 N–H and O–H groups in total. The molecule has 0 saturated heterocycles. The molecule has 0 aromatic heterocycles. The molecule has 0 amide bonds. The fourth-order valence-electron chi connectivity index (χ4n) is 2.10. The molecule has 0 aliphatic rings. The second-order valence-electron chi connectivity index (χ2n) is 4.55. The largest absolute Gasteiger partial charge is 0.313 e. The summed E-state index contributed by atoms with van der Waals surface area (Å²) in [5.74, 6) is -2.27. The first kappa shape index (κ1) is 16.3. The lowest BCUT2D eigenvalue weighted by Crippen LogP contribution is -2.20. The van der Waals surface area contributed by atoms with Crippen LogP contribution in [0.1, 0.15) is 17.2 Å². The highest BCUT2D eigenvalue weighted by Gasteiger charge is 2.19. The van der Waals surface area contributed by atoms with Gasteiger partial charge in [-0.25, -0.2) is 13.2 Å². The van der Waals surface area contributed by atoms with Gasteiger partial charge in [0.2, 0.25) is 0 Å². The summed E-state index contributed by atoms with van der Waals surface area (Å²) in [5.41, 5.74) is 1.13. The van der Waals surface area contributed by atoms with E-state index in [2.05, 4.69) is 21.2 Å². The Bertz CT molecular complexity index is 664. The third kappa shape index (κ3) is 3.59. The van der Waals surface area contributed by atoms with E-state index in [0.29, 0.717) is 22.6 Å². The molecule has 0 heterocycles. The highest BCUT2D eigenvalue weighted by Crippen LogP contribution is 2.31. The number of hydrogen-bond donors (Lipinski definition) is 1. The van der Waals surface area contributed by atoms with Crippen LogP contribution in [-0.4, -0.2) is 7.05 Å². The van der Waals surface area contributed by atoms with Gasteiger partial charge < -0.3 is 5.32 Å². The molecule has 0 fully saturated rings. The zero-order valence-corrected chi connectivity index (χ0v) is 13.4. The average molecular weight is 379 g/mol. The highest BCUT2D eigenvalue weighted by molar-refractivity contribution is 9.10. The van der Waals surface area contributed by atoms with Crippen molar-refractivity contribution in [3.63, 3.8) is 0 Å². The number of likely N-dealkylation sites (N-methyl/N-ethyl adjacent to an activating group) is 1. The van der Waals surface area contributed by atoms with Gasteiger partial charge in [0, 0.05) is 11.1 Å². The van der Waals surface area contributed by atoms with E-state index in [4.69, 9.17) is 11.6 Å². The van der Waals surface area contributed by atoms with E-state index in [-0.39, 0.29) is 10.5 Å². The predicted octanol–water partition coefficient (Wildman–Crippen LogP) is 5.02. The summed E-state index contributed by atoms with van der Waals surface area (Å²) in [6.45, 7) is 0. The van der Waals surface area contributed by atoms with Crippen LogP contribution in [0.5, 0.6) is 0 Å². The van der Waals surface area contributed by atoms with E-state index in [1.165, 1.54) is 24.3 Å². The highest BCUT2D eigenvalue weighted by atomic mass is 79.9. The third-order valence-electron chi connectivity index (χ3n) is 3.22. The Morgan fingerprint density at radius 2 is 1.90 bits per heavy atom. The zero-order valence-electron chi connectivity index (χ0n) is 11.1. The lowest BCUT2D eigenvalue weighted by Gasteiger charge is -2.19. The van der Waals surface area contributed by atoms with Crippen molar-refractivity contribution in [2.75, 3.05) is 7.05 Å². The summed E-state index contributed by atoms with van der Waals surface area (Å²) in [4.78, 5) is 0. The number of rotatable bonds is 4. The van der Waals surface area contributed by atoms with Crippen molar-refractivity contribution in [3.8, 4) is 0 Å². The normalized spacial score (nSPS) is 12.5. The Balaban J connectivity index is 2.37. The Morgan fingerprint density at radius 1 is 1.19 bits per heavy atom. The molecule has 112 valence electrons. The molecule has 2 rings (SSSR count). The van der Waals surface area contributed by atoms with Crippen molar-refractivity contribution >= 4 is 27.5 Å². The van der Waals surface area contributed by atoms with Gasteiger partial charge >= 0.3 is 0 Å². The summed E-state index contributed by atoms with van der Waals surface area (Å²) in [6, 6.07) is 6.28. The minimum atomic E-state index is -0.946. The molecule has 0 saturated carbocycles. The molecule has 0 bridgehead atoms. The first-order valence-electron chi connectivity index (χ1n) is 6.18. The van der Waals surface area contributed by atoms with Crippen LogP contribution < -0.4 is 5.32 Å². The summed E-state index contributed by atoms with van der Waals surface area (Å²) in [6.07, 6.45) is 0.344. The van der Waals surface area contributed by atoms with E-state index in [1.54, 1.807) is 7.05 Å². The van der Waals surface area contributed by atoms with Crippen LogP contribution in [0.4, 0.5) is 13.2 Å². The minimum absolute atomic E-state index is 0.0503. The van der Waals surface area contributed by atoms with Gasteiger partial charge in [0.15, 0.2) is 11.6 Å². The molecule has 0 spiro atoms. The molecule has 1 unspecified atom stereocenters. The monoisotopic (exact) mass is 377 g/mol. The van der Waals surface area contributed by atoms with Gasteiger partial charge in [-0.2, -0.15) is 0 Å². The molecule has 2 aromatic carbocycles. The molecule has 21 heavy (non-hydrogen) atoms. The van der Waals surface area contributed by atoms with Crippen LogP contribution >= 0.6 is 27.5 Å². The molecule has 0 aliphatic heterocycles. The third-order valence-corrected chi connectivity index (χ3v) is 4.40. The average Bonchev–Trinajstić information content (AvgIpc) is 2.46. The fraction of sp³-hybridized carbons (Fsp3) is 0.200. The van der Waals surface area contributed by atoms with Crippen molar-refractivity contribution in [1.82, 2.24) is 5.32 Å². The second kappa shape index (κ2) is 6.81. The van der Waals surface area contributed by atoms with Gasteiger partial charge in [-0.3, -0.25) is 0 Å². The standard InChI is InChI=1S/C15H12BrClF3N/c1-21-13(7-8-6-9(18)2-4-11(8)17)10-3-5-12(19)15(20)14(10)16/h2-6,13,21H,7H2,1H3. The minimum Gasteiger partial charge on any atom is -0.313 e. The quantitative estimate of drug-likeness (QED) is 0.736. The van der Waals surface area contributed by atoms with E-state index >= 15 is 0 Å². The van der Waals surface area contributed by atoms with Crippen molar-refractivity contribution in [1.29, 1.82) is 0 Å². The summed E-state index contributed by atoms with van der Waals surface area (Å²) >= 11 is 9.10. The smallest absolute Gasteiger partial charge is 0.173 e. The molecular weight excluding hydrogens is 367 g/mol. The maximum Gasteiger partial charge on any atom is 0.173 e.